The van der Waals surface area contributed by atoms with Crippen LogP contribution in [0.3, 0.4) is 0 Å². The van der Waals surface area contributed by atoms with Crippen LogP contribution in [0.2, 0.25) is 0 Å². The van der Waals surface area contributed by atoms with Gasteiger partial charge in [-0.05, 0) is 55.7 Å². The zero-order chi connectivity index (χ0) is 24.3. The van der Waals surface area contributed by atoms with Crippen molar-refractivity contribution in [2.75, 3.05) is 31.5 Å². The molecular weight excluding hydrogens is 444 g/mol. The van der Waals surface area contributed by atoms with Crippen molar-refractivity contribution >= 4 is 23.8 Å². The molecule has 3 atom stereocenters. The number of aryl methyl sites for hydroxylation is 1. The molecule has 0 aromatic heterocycles. The van der Waals surface area contributed by atoms with E-state index in [1.54, 1.807) is 0 Å². The van der Waals surface area contributed by atoms with E-state index in [0.29, 0.717) is 10.7 Å². The maximum atomic E-state index is 8.32. The van der Waals surface area contributed by atoms with Gasteiger partial charge in [0.25, 0.3) is 0 Å². The predicted molar refractivity (Wildman–Crippen MR) is 142 cm³/mol. The Balaban J connectivity index is 1.51. The van der Waals surface area contributed by atoms with Crippen molar-refractivity contribution < 1.29 is 9.47 Å². The van der Waals surface area contributed by atoms with Gasteiger partial charge in [-0.25, -0.2) is 4.31 Å². The third-order valence-corrected chi connectivity index (χ3v) is 7.94. The van der Waals surface area contributed by atoms with Gasteiger partial charge in [0.2, 0.25) is 0 Å². The molecule has 2 heterocycles. The number of piperazine rings is 1. The van der Waals surface area contributed by atoms with Crippen LogP contribution in [0, 0.1) is 17.7 Å². The number of hydrogen-bond acceptors (Lipinski definition) is 7. The number of allylic oxidation sites excluding steroid dienone is 1. The van der Waals surface area contributed by atoms with Crippen LogP contribution < -0.4 is 5.32 Å². The molecule has 6 nitrogen and oxygen atoms in total. The van der Waals surface area contributed by atoms with Crippen molar-refractivity contribution in [1.82, 2.24) is 9.21 Å². The van der Waals surface area contributed by atoms with Gasteiger partial charge in [0, 0.05) is 43.3 Å². The Hall–Kier alpha value is -1.70. The molecule has 0 radical (unpaired) electrons. The molecule has 1 saturated carbocycles. The van der Waals surface area contributed by atoms with Crippen LogP contribution >= 0.6 is 11.9 Å². The number of hydrogen-bond donors (Lipinski definition) is 2. The lowest BCUT2D eigenvalue weighted by Crippen LogP contribution is -2.44. The average molecular weight is 487 g/mol. The minimum Gasteiger partial charge on any atom is -0.490 e. The number of nitrogens with zero attached hydrogens (tertiary/aromatic N) is 2. The van der Waals surface area contributed by atoms with E-state index >= 15 is 0 Å². The number of ether oxygens (including phenoxy) is 2. The van der Waals surface area contributed by atoms with Gasteiger partial charge in [0.15, 0.2) is 18.1 Å². The van der Waals surface area contributed by atoms with Crippen LogP contribution in [0.4, 0.5) is 5.69 Å². The highest BCUT2D eigenvalue weighted by molar-refractivity contribution is 7.97. The van der Waals surface area contributed by atoms with Gasteiger partial charge < -0.3 is 25.1 Å². The largest absolute Gasteiger partial charge is 0.490 e. The first kappa shape index (κ1) is 25.4. The van der Waals surface area contributed by atoms with Crippen molar-refractivity contribution in [2.24, 2.45) is 5.41 Å². The zero-order valence-electron chi connectivity index (χ0n) is 21.5. The van der Waals surface area contributed by atoms with Crippen LogP contribution in [-0.4, -0.2) is 65.3 Å². The van der Waals surface area contributed by atoms with Crippen LogP contribution in [0.5, 0.6) is 0 Å². The molecule has 7 heteroatoms. The molecule has 0 amide bonds. The van der Waals surface area contributed by atoms with E-state index in [2.05, 4.69) is 73.4 Å². The molecule has 3 unspecified atom stereocenters. The molecule has 4 rings (SSSR count). The second-order valence-electron chi connectivity index (χ2n) is 11.0. The Morgan fingerprint density at radius 2 is 2.03 bits per heavy atom. The van der Waals surface area contributed by atoms with Gasteiger partial charge in [-0.3, -0.25) is 0 Å². The van der Waals surface area contributed by atoms with Crippen LogP contribution in [0.25, 0.3) is 0 Å². The van der Waals surface area contributed by atoms with Crippen LogP contribution in [0.15, 0.2) is 35.7 Å². The Labute approximate surface area is 210 Å². The van der Waals surface area contributed by atoms with Gasteiger partial charge in [-0.15, -0.1) is 0 Å². The lowest BCUT2D eigenvalue weighted by molar-refractivity contribution is 0.0237. The standard InChI is InChI=1S/C27H42N4O2S/c1-19(2)34-31-14-12-30(13-15-31)23(18-28)24(32-22-10-7-11-27(4,5)17-22)25-26(33-25)29-21-9-6-8-20(3)16-21/h6,8-9,16,18-19,22,25-26,28-29H,7,10-15,17H2,1-5H3/b24-23-,28-18?. The van der Waals surface area contributed by atoms with Crippen molar-refractivity contribution in [3.8, 4) is 0 Å². The molecule has 0 bridgehead atoms. The number of benzene rings is 1. The molecule has 1 aromatic carbocycles. The summed E-state index contributed by atoms with van der Waals surface area (Å²) in [6.07, 6.45) is 5.92. The van der Waals surface area contributed by atoms with Gasteiger partial charge in [-0.1, -0.05) is 51.8 Å². The monoisotopic (exact) mass is 486 g/mol. The summed E-state index contributed by atoms with van der Waals surface area (Å²) in [5.41, 5.74) is 3.45. The van der Waals surface area contributed by atoms with Crippen LogP contribution in [-0.2, 0) is 9.47 Å². The summed E-state index contributed by atoms with van der Waals surface area (Å²) >= 11 is 1.92. The average Bonchev–Trinajstić information content (AvgIpc) is 3.52. The lowest BCUT2D eigenvalue weighted by atomic mass is 9.76. The molecule has 2 saturated heterocycles. The fourth-order valence-electron chi connectivity index (χ4n) is 5.15. The van der Waals surface area contributed by atoms with E-state index < -0.39 is 0 Å². The SMILES string of the molecule is Cc1cccc(NC2OC2/C(OC2CCCC(C)(C)C2)=C(\C=N)N2CCN(SC(C)C)CC2)c1. The fourth-order valence-corrected chi connectivity index (χ4v) is 6.12. The summed E-state index contributed by atoms with van der Waals surface area (Å²) in [6.45, 7) is 15.0. The topological polar surface area (TPSA) is 64.1 Å². The number of epoxide rings is 1. The second-order valence-corrected chi connectivity index (χ2v) is 12.6. The van der Waals surface area contributed by atoms with E-state index in [0.717, 1.165) is 56.2 Å². The summed E-state index contributed by atoms with van der Waals surface area (Å²) in [5.74, 6) is 0.841. The first-order valence-corrected chi connectivity index (χ1v) is 13.6. The summed E-state index contributed by atoms with van der Waals surface area (Å²) in [7, 11) is 0. The van der Waals surface area contributed by atoms with E-state index in [4.69, 9.17) is 14.9 Å². The summed E-state index contributed by atoms with van der Waals surface area (Å²) in [4.78, 5) is 2.32. The minimum atomic E-state index is -0.162. The molecule has 188 valence electrons. The Bertz CT molecular complexity index is 879. The Kier molecular flexibility index (Phi) is 8.16. The first-order valence-electron chi connectivity index (χ1n) is 12.8. The van der Waals surface area contributed by atoms with Crippen molar-refractivity contribution in [3.05, 3.63) is 41.3 Å². The minimum absolute atomic E-state index is 0.124. The predicted octanol–water partition coefficient (Wildman–Crippen LogP) is 5.65. The molecule has 1 aliphatic carbocycles. The number of anilines is 1. The highest BCUT2D eigenvalue weighted by atomic mass is 32.2. The smallest absolute Gasteiger partial charge is 0.164 e. The van der Waals surface area contributed by atoms with E-state index in [1.165, 1.54) is 24.6 Å². The molecule has 1 aromatic rings. The number of nitrogens with one attached hydrogen (secondary N) is 2. The maximum absolute atomic E-state index is 8.32. The van der Waals surface area contributed by atoms with E-state index in [1.807, 2.05) is 11.9 Å². The number of rotatable bonds is 9. The van der Waals surface area contributed by atoms with E-state index in [-0.39, 0.29) is 18.4 Å². The molecule has 2 N–H and O–H groups in total. The quantitative estimate of drug-likeness (QED) is 0.203. The Morgan fingerprint density at radius 3 is 2.68 bits per heavy atom. The van der Waals surface area contributed by atoms with Crippen molar-refractivity contribution in [1.29, 1.82) is 5.41 Å². The molecule has 2 aliphatic heterocycles. The molecular formula is C27H42N4O2S. The lowest BCUT2D eigenvalue weighted by Gasteiger charge is -2.38. The van der Waals surface area contributed by atoms with Gasteiger partial charge in [-0.2, -0.15) is 0 Å². The van der Waals surface area contributed by atoms with Crippen molar-refractivity contribution in [2.45, 2.75) is 84.0 Å². The highest BCUT2D eigenvalue weighted by Gasteiger charge is 2.47. The molecule has 3 aliphatic rings. The molecule has 34 heavy (non-hydrogen) atoms. The van der Waals surface area contributed by atoms with E-state index in [9.17, 15) is 0 Å². The van der Waals surface area contributed by atoms with Gasteiger partial charge >= 0.3 is 0 Å². The first-order chi connectivity index (χ1) is 16.2. The van der Waals surface area contributed by atoms with Gasteiger partial charge in [0.05, 0.1) is 11.8 Å². The maximum Gasteiger partial charge on any atom is 0.164 e. The third-order valence-electron chi connectivity index (χ3n) is 6.86. The van der Waals surface area contributed by atoms with Gasteiger partial charge in [0.1, 0.15) is 0 Å². The summed E-state index contributed by atoms with van der Waals surface area (Å²) in [5, 5.41) is 12.4. The van der Waals surface area contributed by atoms with Crippen LogP contribution in [0.1, 0.15) is 58.9 Å². The summed E-state index contributed by atoms with van der Waals surface area (Å²) in [6, 6.07) is 8.36. The Morgan fingerprint density at radius 1 is 1.26 bits per heavy atom. The summed E-state index contributed by atoms with van der Waals surface area (Å²) < 4.78 is 15.3. The molecule has 0 spiro atoms. The molecule has 3 fully saturated rings. The highest BCUT2D eigenvalue weighted by Crippen LogP contribution is 2.40. The normalized spacial score (nSPS) is 27.8. The fraction of sp³-hybridized carbons (Fsp3) is 0.667. The second kappa shape index (κ2) is 10.9. The van der Waals surface area contributed by atoms with Crippen molar-refractivity contribution in [3.63, 3.8) is 0 Å². The zero-order valence-corrected chi connectivity index (χ0v) is 22.3. The third kappa shape index (κ3) is 6.70.